The van der Waals surface area contributed by atoms with E-state index in [2.05, 4.69) is 5.32 Å². The second kappa shape index (κ2) is 7.87. The van der Waals surface area contributed by atoms with Crippen LogP contribution in [0.25, 0.3) is 0 Å². The van der Waals surface area contributed by atoms with Gasteiger partial charge in [0, 0.05) is 34.9 Å². The Morgan fingerprint density at radius 1 is 0.929 bits per heavy atom. The molecule has 2 amide bonds. The van der Waals surface area contributed by atoms with Gasteiger partial charge in [0.05, 0.1) is 0 Å². The van der Waals surface area contributed by atoms with Gasteiger partial charge in [0.25, 0.3) is 11.8 Å². The summed E-state index contributed by atoms with van der Waals surface area (Å²) in [5, 5.41) is 3.47. The van der Waals surface area contributed by atoms with E-state index in [0.717, 1.165) is 17.7 Å². The lowest BCUT2D eigenvalue weighted by molar-refractivity contribution is 0.0951. The van der Waals surface area contributed by atoms with Crippen LogP contribution < -0.4 is 10.2 Å². The third-order valence-electron chi connectivity index (χ3n) is 4.90. The van der Waals surface area contributed by atoms with Crippen molar-refractivity contribution in [3.63, 3.8) is 0 Å². The van der Waals surface area contributed by atoms with E-state index in [1.54, 1.807) is 35.2 Å². The SMILES string of the molecule is O=C(NCc1ccccc1Cl)c1cccc(C(=O)N2CCc3ccccc32)c1. The first-order chi connectivity index (χ1) is 13.6. The highest BCUT2D eigenvalue weighted by Gasteiger charge is 2.25. The Morgan fingerprint density at radius 3 is 2.54 bits per heavy atom. The van der Waals surface area contributed by atoms with Gasteiger partial charge in [-0.1, -0.05) is 54.1 Å². The van der Waals surface area contributed by atoms with Crippen LogP contribution in [0.1, 0.15) is 31.8 Å². The zero-order chi connectivity index (χ0) is 19.5. The molecule has 1 heterocycles. The minimum Gasteiger partial charge on any atom is -0.348 e. The molecule has 0 saturated carbocycles. The average Bonchev–Trinajstić information content (AvgIpc) is 3.16. The highest BCUT2D eigenvalue weighted by atomic mass is 35.5. The molecule has 5 heteroatoms. The van der Waals surface area contributed by atoms with E-state index >= 15 is 0 Å². The molecule has 140 valence electrons. The van der Waals surface area contributed by atoms with Crippen LogP contribution in [-0.2, 0) is 13.0 Å². The molecule has 1 N–H and O–H groups in total. The summed E-state index contributed by atoms with van der Waals surface area (Å²) in [4.78, 5) is 27.3. The molecule has 28 heavy (non-hydrogen) atoms. The van der Waals surface area contributed by atoms with Gasteiger partial charge >= 0.3 is 0 Å². The summed E-state index contributed by atoms with van der Waals surface area (Å²) in [5.41, 5.74) is 3.91. The monoisotopic (exact) mass is 390 g/mol. The first-order valence-corrected chi connectivity index (χ1v) is 9.53. The number of rotatable bonds is 4. The number of nitrogens with zero attached hydrogens (tertiary/aromatic N) is 1. The molecule has 0 fully saturated rings. The van der Waals surface area contributed by atoms with Gasteiger partial charge in [-0.3, -0.25) is 9.59 Å². The number of halogens is 1. The summed E-state index contributed by atoms with van der Waals surface area (Å²) in [5.74, 6) is -0.331. The molecular weight excluding hydrogens is 372 g/mol. The molecule has 4 rings (SSSR count). The fourth-order valence-corrected chi connectivity index (χ4v) is 3.62. The van der Waals surface area contributed by atoms with Crippen molar-refractivity contribution in [2.24, 2.45) is 0 Å². The standard InChI is InChI=1S/C23H19ClN2O2/c24-20-10-3-1-7-19(20)15-25-22(27)17-8-5-9-18(14-17)23(28)26-13-12-16-6-2-4-11-21(16)26/h1-11,14H,12-13,15H2,(H,25,27). The van der Waals surface area contributed by atoms with E-state index in [-0.39, 0.29) is 11.8 Å². The highest BCUT2D eigenvalue weighted by molar-refractivity contribution is 6.31. The molecule has 0 aliphatic carbocycles. The molecule has 0 bridgehead atoms. The summed E-state index contributed by atoms with van der Waals surface area (Å²) >= 11 is 6.13. The van der Waals surface area contributed by atoms with Crippen LogP contribution in [0.3, 0.4) is 0 Å². The molecule has 0 radical (unpaired) electrons. The molecule has 0 saturated heterocycles. The van der Waals surface area contributed by atoms with Crippen LogP contribution in [0.2, 0.25) is 5.02 Å². The largest absolute Gasteiger partial charge is 0.348 e. The lowest BCUT2D eigenvalue weighted by atomic mass is 10.1. The number of hydrogen-bond donors (Lipinski definition) is 1. The van der Waals surface area contributed by atoms with Crippen LogP contribution in [0.5, 0.6) is 0 Å². The smallest absolute Gasteiger partial charge is 0.258 e. The molecule has 4 nitrogen and oxygen atoms in total. The number of anilines is 1. The van der Waals surface area contributed by atoms with Gasteiger partial charge in [0.15, 0.2) is 0 Å². The van der Waals surface area contributed by atoms with E-state index in [1.165, 1.54) is 5.56 Å². The number of carbonyl (C=O) groups excluding carboxylic acids is 2. The van der Waals surface area contributed by atoms with Crippen molar-refractivity contribution in [2.45, 2.75) is 13.0 Å². The van der Waals surface area contributed by atoms with Crippen LogP contribution in [0.4, 0.5) is 5.69 Å². The lowest BCUT2D eigenvalue weighted by Gasteiger charge is -2.17. The van der Waals surface area contributed by atoms with Gasteiger partial charge in [0.1, 0.15) is 0 Å². The van der Waals surface area contributed by atoms with Gasteiger partial charge in [-0.05, 0) is 47.9 Å². The second-order valence-corrected chi connectivity index (χ2v) is 7.10. The maximum absolute atomic E-state index is 13.0. The molecular formula is C23H19ClN2O2. The van der Waals surface area contributed by atoms with Crippen molar-refractivity contribution < 1.29 is 9.59 Å². The van der Waals surface area contributed by atoms with Crippen LogP contribution in [-0.4, -0.2) is 18.4 Å². The molecule has 0 aromatic heterocycles. The van der Waals surface area contributed by atoms with Crippen LogP contribution in [0.15, 0.2) is 72.8 Å². The van der Waals surface area contributed by atoms with Gasteiger partial charge < -0.3 is 10.2 Å². The quantitative estimate of drug-likeness (QED) is 0.714. The van der Waals surface area contributed by atoms with Crippen LogP contribution >= 0.6 is 11.6 Å². The summed E-state index contributed by atoms with van der Waals surface area (Å²) < 4.78 is 0. The minimum atomic E-state index is -0.239. The van der Waals surface area contributed by atoms with E-state index in [1.807, 2.05) is 42.5 Å². The van der Waals surface area contributed by atoms with Crippen molar-refractivity contribution in [3.05, 3.63) is 100 Å². The first-order valence-electron chi connectivity index (χ1n) is 9.15. The van der Waals surface area contributed by atoms with Crippen LogP contribution in [0, 0.1) is 0 Å². The highest BCUT2D eigenvalue weighted by Crippen LogP contribution is 2.29. The zero-order valence-electron chi connectivity index (χ0n) is 15.2. The number of amides is 2. The Hall–Kier alpha value is -3.11. The zero-order valence-corrected chi connectivity index (χ0v) is 15.9. The number of hydrogen-bond acceptors (Lipinski definition) is 2. The molecule has 0 spiro atoms. The predicted molar refractivity (Wildman–Crippen MR) is 111 cm³/mol. The van der Waals surface area contributed by atoms with Gasteiger partial charge in [0.2, 0.25) is 0 Å². The van der Waals surface area contributed by atoms with E-state index in [9.17, 15) is 9.59 Å². The van der Waals surface area contributed by atoms with Crippen molar-refractivity contribution in [3.8, 4) is 0 Å². The minimum absolute atomic E-state index is 0.0919. The van der Waals surface area contributed by atoms with Crippen molar-refractivity contribution in [1.82, 2.24) is 5.32 Å². The molecule has 1 aliphatic heterocycles. The molecule has 3 aromatic rings. The van der Waals surface area contributed by atoms with Gasteiger partial charge in [-0.15, -0.1) is 0 Å². The topological polar surface area (TPSA) is 49.4 Å². The van der Waals surface area contributed by atoms with E-state index in [4.69, 9.17) is 11.6 Å². The van der Waals surface area contributed by atoms with E-state index in [0.29, 0.717) is 29.2 Å². The Kier molecular flexibility index (Phi) is 5.13. The maximum Gasteiger partial charge on any atom is 0.258 e. The molecule has 0 unspecified atom stereocenters. The lowest BCUT2D eigenvalue weighted by Crippen LogP contribution is -2.29. The predicted octanol–water partition coefficient (Wildman–Crippen LogP) is 4.47. The Balaban J connectivity index is 1.49. The Morgan fingerprint density at radius 2 is 1.68 bits per heavy atom. The number of benzene rings is 3. The van der Waals surface area contributed by atoms with Gasteiger partial charge in [-0.2, -0.15) is 0 Å². The number of para-hydroxylation sites is 1. The van der Waals surface area contributed by atoms with E-state index < -0.39 is 0 Å². The maximum atomic E-state index is 13.0. The number of nitrogens with one attached hydrogen (secondary N) is 1. The normalized spacial score (nSPS) is 12.5. The molecule has 1 aliphatic rings. The van der Waals surface area contributed by atoms with Gasteiger partial charge in [-0.25, -0.2) is 0 Å². The summed E-state index contributed by atoms with van der Waals surface area (Å²) in [7, 11) is 0. The molecule has 3 aromatic carbocycles. The summed E-state index contributed by atoms with van der Waals surface area (Å²) in [6.07, 6.45) is 0.847. The Bertz CT molecular complexity index is 1050. The summed E-state index contributed by atoms with van der Waals surface area (Å²) in [6, 6.07) is 22.1. The molecule has 0 atom stereocenters. The third-order valence-corrected chi connectivity index (χ3v) is 5.27. The fraction of sp³-hybridized carbons (Fsp3) is 0.130. The summed E-state index contributed by atoms with van der Waals surface area (Å²) in [6.45, 7) is 0.983. The number of carbonyl (C=O) groups is 2. The number of fused-ring (bicyclic) bond motifs is 1. The average molecular weight is 391 g/mol. The van der Waals surface area contributed by atoms with Crippen molar-refractivity contribution >= 4 is 29.1 Å². The third kappa shape index (κ3) is 3.64. The fourth-order valence-electron chi connectivity index (χ4n) is 3.42. The first kappa shape index (κ1) is 18.3. The second-order valence-electron chi connectivity index (χ2n) is 6.69. The van der Waals surface area contributed by atoms with Crippen molar-refractivity contribution in [2.75, 3.05) is 11.4 Å². The Labute approximate surface area is 168 Å². The van der Waals surface area contributed by atoms with Crippen molar-refractivity contribution in [1.29, 1.82) is 0 Å².